The van der Waals surface area contributed by atoms with E-state index in [0.717, 1.165) is 11.4 Å². The average molecular weight is 286 g/mol. The van der Waals surface area contributed by atoms with Gasteiger partial charge in [0.15, 0.2) is 0 Å². The average Bonchev–Trinajstić information content (AvgIpc) is 2.55. The second kappa shape index (κ2) is 7.23. The highest BCUT2D eigenvalue weighted by atomic mass is 19.1. The maximum Gasteiger partial charge on any atom is 0.125 e. The molecule has 0 fully saturated rings. The molecule has 2 nitrogen and oxygen atoms in total. The van der Waals surface area contributed by atoms with Gasteiger partial charge in [-0.15, -0.1) is 0 Å². The number of aryl methyl sites for hydroxylation is 2. The first kappa shape index (κ1) is 15.5. The fourth-order valence-electron chi connectivity index (χ4n) is 2.76. The van der Waals surface area contributed by atoms with Crippen molar-refractivity contribution in [3.63, 3.8) is 0 Å². The Balaban J connectivity index is 0.000000774. The molecule has 1 aliphatic carbocycles. The van der Waals surface area contributed by atoms with Crippen molar-refractivity contribution in [1.29, 1.82) is 0 Å². The lowest BCUT2D eigenvalue weighted by molar-refractivity contribution is 0.628. The molecule has 0 atom stereocenters. The lowest BCUT2D eigenvalue weighted by atomic mass is 9.91. The number of fused-ring (bicyclic) bond motifs is 1. The zero-order valence-electron chi connectivity index (χ0n) is 12.8. The van der Waals surface area contributed by atoms with Gasteiger partial charge in [0.1, 0.15) is 5.82 Å². The summed E-state index contributed by atoms with van der Waals surface area (Å²) in [6.45, 7) is 0. The normalized spacial score (nSPS) is 13.0. The van der Waals surface area contributed by atoms with Crippen LogP contribution in [0.1, 0.15) is 24.0 Å². The minimum atomic E-state index is -0.192. The van der Waals surface area contributed by atoms with Crippen LogP contribution in [0.2, 0.25) is 0 Å². The van der Waals surface area contributed by atoms with Gasteiger partial charge in [-0.25, -0.2) is 4.39 Å². The molecule has 2 aromatic rings. The number of rotatable bonds is 2. The SMILES string of the molecule is CN.CN(c1cccc(F)c1)c1ccc2c(c1)CCCC2. The van der Waals surface area contributed by atoms with Crippen LogP contribution in [0.15, 0.2) is 42.5 Å². The summed E-state index contributed by atoms with van der Waals surface area (Å²) in [5, 5.41) is 0. The molecule has 2 aromatic carbocycles. The van der Waals surface area contributed by atoms with E-state index in [9.17, 15) is 4.39 Å². The van der Waals surface area contributed by atoms with Gasteiger partial charge in [0.2, 0.25) is 0 Å². The Labute approximate surface area is 126 Å². The summed E-state index contributed by atoms with van der Waals surface area (Å²) in [4.78, 5) is 2.04. The highest BCUT2D eigenvalue weighted by Crippen LogP contribution is 2.29. The topological polar surface area (TPSA) is 29.3 Å². The van der Waals surface area contributed by atoms with E-state index in [1.807, 2.05) is 18.0 Å². The van der Waals surface area contributed by atoms with E-state index in [1.54, 1.807) is 12.1 Å². The molecule has 0 aromatic heterocycles. The predicted octanol–water partition coefficient (Wildman–Crippen LogP) is 4.05. The van der Waals surface area contributed by atoms with Crippen molar-refractivity contribution in [2.24, 2.45) is 5.73 Å². The molecule has 0 saturated carbocycles. The van der Waals surface area contributed by atoms with E-state index in [4.69, 9.17) is 0 Å². The lowest BCUT2D eigenvalue weighted by Crippen LogP contribution is -2.11. The van der Waals surface area contributed by atoms with E-state index in [-0.39, 0.29) is 5.82 Å². The van der Waals surface area contributed by atoms with Crippen LogP contribution in [0, 0.1) is 5.82 Å². The van der Waals surface area contributed by atoms with E-state index >= 15 is 0 Å². The zero-order valence-corrected chi connectivity index (χ0v) is 12.8. The molecule has 0 heterocycles. The highest BCUT2D eigenvalue weighted by Gasteiger charge is 2.12. The van der Waals surface area contributed by atoms with Crippen molar-refractivity contribution in [2.45, 2.75) is 25.7 Å². The Hall–Kier alpha value is -1.87. The van der Waals surface area contributed by atoms with Crippen LogP contribution < -0.4 is 10.6 Å². The standard InChI is InChI=1S/C17H18FN.CH5N/c1-19(16-8-4-7-15(18)12-16)17-10-9-13-5-2-3-6-14(13)11-17;1-2/h4,7-12H,2-3,5-6H2,1H3;2H2,1H3. The van der Waals surface area contributed by atoms with E-state index in [2.05, 4.69) is 23.9 Å². The third kappa shape index (κ3) is 3.61. The Morgan fingerprint density at radius 3 is 2.29 bits per heavy atom. The summed E-state index contributed by atoms with van der Waals surface area (Å²) in [7, 11) is 3.49. The first-order valence-electron chi connectivity index (χ1n) is 7.43. The van der Waals surface area contributed by atoms with Gasteiger partial charge in [-0.1, -0.05) is 12.1 Å². The van der Waals surface area contributed by atoms with Crippen LogP contribution in [-0.2, 0) is 12.8 Å². The Kier molecular flexibility index (Phi) is 5.34. The van der Waals surface area contributed by atoms with Crippen molar-refractivity contribution in [3.8, 4) is 0 Å². The monoisotopic (exact) mass is 286 g/mol. The second-order valence-electron chi connectivity index (χ2n) is 5.20. The maximum absolute atomic E-state index is 13.3. The summed E-state index contributed by atoms with van der Waals surface area (Å²) < 4.78 is 13.3. The van der Waals surface area contributed by atoms with Gasteiger partial charge in [0.05, 0.1) is 0 Å². The molecular formula is C18H23FN2. The summed E-state index contributed by atoms with van der Waals surface area (Å²) in [5.41, 5.74) is 9.44. The molecule has 0 spiro atoms. The first-order chi connectivity index (χ1) is 10.2. The summed E-state index contributed by atoms with van der Waals surface area (Å²) in [5.74, 6) is -0.192. The van der Waals surface area contributed by atoms with Crippen LogP contribution in [0.4, 0.5) is 15.8 Å². The largest absolute Gasteiger partial charge is 0.345 e. The number of hydrogen-bond donors (Lipinski definition) is 1. The molecule has 2 N–H and O–H groups in total. The molecule has 0 amide bonds. The number of nitrogens with zero attached hydrogens (tertiary/aromatic N) is 1. The third-order valence-corrected chi connectivity index (χ3v) is 3.91. The molecular weight excluding hydrogens is 263 g/mol. The lowest BCUT2D eigenvalue weighted by Gasteiger charge is -2.23. The molecule has 0 saturated heterocycles. The van der Waals surface area contributed by atoms with Gasteiger partial charge in [-0.05, 0) is 74.2 Å². The Morgan fingerprint density at radius 1 is 0.905 bits per heavy atom. The minimum Gasteiger partial charge on any atom is -0.345 e. The molecule has 0 aliphatic heterocycles. The highest BCUT2D eigenvalue weighted by molar-refractivity contribution is 5.63. The fraction of sp³-hybridized carbons (Fsp3) is 0.333. The van der Waals surface area contributed by atoms with Crippen molar-refractivity contribution < 1.29 is 4.39 Å². The van der Waals surface area contributed by atoms with Crippen LogP contribution >= 0.6 is 0 Å². The van der Waals surface area contributed by atoms with Crippen molar-refractivity contribution in [3.05, 3.63) is 59.4 Å². The van der Waals surface area contributed by atoms with Crippen LogP contribution in [0.3, 0.4) is 0 Å². The van der Waals surface area contributed by atoms with Gasteiger partial charge < -0.3 is 10.6 Å². The van der Waals surface area contributed by atoms with Gasteiger partial charge in [0, 0.05) is 18.4 Å². The predicted molar refractivity (Wildman–Crippen MR) is 87.7 cm³/mol. The molecule has 0 bridgehead atoms. The van der Waals surface area contributed by atoms with Crippen molar-refractivity contribution in [1.82, 2.24) is 0 Å². The maximum atomic E-state index is 13.3. The third-order valence-electron chi connectivity index (χ3n) is 3.91. The number of anilines is 2. The number of hydrogen-bond acceptors (Lipinski definition) is 2. The smallest absolute Gasteiger partial charge is 0.125 e. The molecule has 3 rings (SSSR count). The van der Waals surface area contributed by atoms with Gasteiger partial charge in [-0.3, -0.25) is 0 Å². The zero-order chi connectivity index (χ0) is 15.2. The Morgan fingerprint density at radius 2 is 1.57 bits per heavy atom. The minimum absolute atomic E-state index is 0.192. The molecule has 112 valence electrons. The molecule has 21 heavy (non-hydrogen) atoms. The van der Waals surface area contributed by atoms with Crippen LogP contribution in [0.25, 0.3) is 0 Å². The number of halogens is 1. The number of nitrogens with two attached hydrogens (primary N) is 1. The van der Waals surface area contributed by atoms with E-state index in [0.29, 0.717) is 0 Å². The van der Waals surface area contributed by atoms with Gasteiger partial charge >= 0.3 is 0 Å². The second-order valence-corrected chi connectivity index (χ2v) is 5.20. The molecule has 0 radical (unpaired) electrons. The van der Waals surface area contributed by atoms with Crippen molar-refractivity contribution >= 4 is 11.4 Å². The number of benzene rings is 2. The molecule has 3 heteroatoms. The van der Waals surface area contributed by atoms with E-state index in [1.165, 1.54) is 49.9 Å². The molecule has 1 aliphatic rings. The summed E-state index contributed by atoms with van der Waals surface area (Å²) >= 11 is 0. The van der Waals surface area contributed by atoms with Crippen molar-refractivity contribution in [2.75, 3.05) is 19.0 Å². The summed E-state index contributed by atoms with van der Waals surface area (Å²) in [6.07, 6.45) is 4.94. The van der Waals surface area contributed by atoms with Gasteiger partial charge in [0.25, 0.3) is 0 Å². The van der Waals surface area contributed by atoms with Crippen LogP contribution in [0.5, 0.6) is 0 Å². The first-order valence-corrected chi connectivity index (χ1v) is 7.43. The fourth-order valence-corrected chi connectivity index (χ4v) is 2.76. The summed E-state index contributed by atoms with van der Waals surface area (Å²) in [6, 6.07) is 13.3. The van der Waals surface area contributed by atoms with Gasteiger partial charge in [-0.2, -0.15) is 0 Å². The van der Waals surface area contributed by atoms with E-state index < -0.39 is 0 Å². The quantitative estimate of drug-likeness (QED) is 0.902. The molecule has 0 unspecified atom stereocenters. The van der Waals surface area contributed by atoms with Crippen LogP contribution in [-0.4, -0.2) is 14.1 Å². The Bertz CT molecular complexity index is 596.